The van der Waals surface area contributed by atoms with Crippen LogP contribution in [0.15, 0.2) is 47.3 Å². The van der Waals surface area contributed by atoms with E-state index in [1.807, 2.05) is 13.0 Å². The summed E-state index contributed by atoms with van der Waals surface area (Å²) in [6, 6.07) is 10.7. The van der Waals surface area contributed by atoms with Gasteiger partial charge in [0.2, 0.25) is 0 Å². The summed E-state index contributed by atoms with van der Waals surface area (Å²) in [4.78, 5) is 0. The van der Waals surface area contributed by atoms with Crippen molar-refractivity contribution in [3.8, 4) is 5.75 Å². The number of ether oxygens (including phenoxy) is 1. The summed E-state index contributed by atoms with van der Waals surface area (Å²) in [6.07, 6.45) is 3.24. The van der Waals surface area contributed by atoms with Crippen molar-refractivity contribution in [1.29, 1.82) is 0 Å². The molecule has 0 spiro atoms. The Kier molecular flexibility index (Phi) is 3.56. The molecule has 0 saturated heterocycles. The largest absolute Gasteiger partial charge is 0.494 e. The van der Waals surface area contributed by atoms with Gasteiger partial charge < -0.3 is 9.30 Å². The Balaban J connectivity index is 1.80. The highest BCUT2D eigenvalue weighted by Gasteiger charge is 2.03. The highest BCUT2D eigenvalue weighted by atomic mass is 32.1. The zero-order valence-electron chi connectivity index (χ0n) is 11.0. The first-order chi connectivity index (χ1) is 9.36. The summed E-state index contributed by atoms with van der Waals surface area (Å²) in [7, 11) is 0. The van der Waals surface area contributed by atoms with Crippen LogP contribution in [0.25, 0.3) is 10.9 Å². The standard InChI is InChI=1S/C16H17NOS/c1-2-18-15-3-4-16-14(11-15)6-9-17(16)8-5-13-7-10-19-12-13/h3-4,6-7,9-12H,2,5,8H2,1H3. The predicted molar refractivity (Wildman–Crippen MR) is 81.1 cm³/mol. The minimum atomic E-state index is 0.713. The van der Waals surface area contributed by atoms with Crippen LogP contribution >= 0.6 is 11.3 Å². The smallest absolute Gasteiger partial charge is 0.120 e. The Bertz CT molecular complexity index is 655. The van der Waals surface area contributed by atoms with Gasteiger partial charge in [-0.3, -0.25) is 0 Å². The number of aryl methyl sites for hydroxylation is 2. The van der Waals surface area contributed by atoms with Crippen molar-refractivity contribution < 1.29 is 4.74 Å². The zero-order valence-corrected chi connectivity index (χ0v) is 11.8. The Labute approximate surface area is 117 Å². The Hall–Kier alpha value is -1.74. The van der Waals surface area contributed by atoms with Gasteiger partial charge in [0.25, 0.3) is 0 Å². The number of rotatable bonds is 5. The summed E-state index contributed by atoms with van der Waals surface area (Å²) in [5.74, 6) is 0.950. The molecule has 1 aromatic carbocycles. The van der Waals surface area contributed by atoms with E-state index in [9.17, 15) is 0 Å². The first kappa shape index (κ1) is 12.3. The lowest BCUT2D eigenvalue weighted by atomic mass is 10.2. The van der Waals surface area contributed by atoms with Crippen molar-refractivity contribution >= 4 is 22.2 Å². The number of benzene rings is 1. The molecule has 3 aromatic rings. The molecule has 0 bridgehead atoms. The Morgan fingerprint density at radius 3 is 2.95 bits per heavy atom. The van der Waals surface area contributed by atoms with Crippen LogP contribution in [0.2, 0.25) is 0 Å². The summed E-state index contributed by atoms with van der Waals surface area (Å²) in [5, 5.41) is 5.60. The highest BCUT2D eigenvalue weighted by molar-refractivity contribution is 7.07. The van der Waals surface area contributed by atoms with E-state index in [2.05, 4.69) is 45.8 Å². The van der Waals surface area contributed by atoms with E-state index in [4.69, 9.17) is 4.74 Å². The lowest BCUT2D eigenvalue weighted by Gasteiger charge is -2.06. The van der Waals surface area contributed by atoms with Gasteiger partial charge in [-0.15, -0.1) is 0 Å². The average Bonchev–Trinajstić information content (AvgIpc) is 3.05. The number of fused-ring (bicyclic) bond motifs is 1. The molecule has 0 radical (unpaired) electrons. The fraction of sp³-hybridized carbons (Fsp3) is 0.250. The van der Waals surface area contributed by atoms with Crippen LogP contribution in [0.5, 0.6) is 5.75 Å². The summed E-state index contributed by atoms with van der Waals surface area (Å²) in [5.41, 5.74) is 2.69. The van der Waals surface area contributed by atoms with E-state index >= 15 is 0 Å². The van der Waals surface area contributed by atoms with E-state index in [1.165, 1.54) is 16.5 Å². The molecule has 0 N–H and O–H groups in total. The van der Waals surface area contributed by atoms with E-state index < -0.39 is 0 Å². The van der Waals surface area contributed by atoms with Crippen LogP contribution < -0.4 is 4.74 Å². The third kappa shape index (κ3) is 2.66. The second-order valence-electron chi connectivity index (χ2n) is 4.54. The Morgan fingerprint density at radius 2 is 2.16 bits per heavy atom. The van der Waals surface area contributed by atoms with Crippen molar-refractivity contribution in [2.75, 3.05) is 6.61 Å². The third-order valence-corrected chi connectivity index (χ3v) is 4.01. The number of thiophene rings is 1. The first-order valence-corrected chi connectivity index (χ1v) is 7.54. The summed E-state index contributed by atoms with van der Waals surface area (Å²) < 4.78 is 7.84. The van der Waals surface area contributed by atoms with Gasteiger partial charge in [-0.05, 0) is 60.0 Å². The van der Waals surface area contributed by atoms with Crippen molar-refractivity contribution in [3.63, 3.8) is 0 Å². The summed E-state index contributed by atoms with van der Waals surface area (Å²) in [6.45, 7) is 3.74. The van der Waals surface area contributed by atoms with E-state index in [1.54, 1.807) is 11.3 Å². The quantitative estimate of drug-likeness (QED) is 0.673. The number of aromatic nitrogens is 1. The van der Waals surface area contributed by atoms with Crippen molar-refractivity contribution in [2.45, 2.75) is 19.9 Å². The van der Waals surface area contributed by atoms with Crippen molar-refractivity contribution in [2.24, 2.45) is 0 Å². The molecule has 3 heteroatoms. The maximum absolute atomic E-state index is 5.53. The maximum Gasteiger partial charge on any atom is 0.120 e. The van der Waals surface area contributed by atoms with Gasteiger partial charge in [0.15, 0.2) is 0 Å². The number of hydrogen-bond donors (Lipinski definition) is 0. The fourth-order valence-electron chi connectivity index (χ4n) is 2.31. The molecule has 0 fully saturated rings. The van der Waals surface area contributed by atoms with Gasteiger partial charge in [-0.2, -0.15) is 11.3 Å². The molecule has 3 rings (SSSR count). The molecule has 0 aliphatic carbocycles. The van der Waals surface area contributed by atoms with Gasteiger partial charge in [-0.1, -0.05) is 0 Å². The second kappa shape index (κ2) is 5.49. The first-order valence-electron chi connectivity index (χ1n) is 6.59. The van der Waals surface area contributed by atoms with Gasteiger partial charge in [0, 0.05) is 23.6 Å². The highest BCUT2D eigenvalue weighted by Crippen LogP contribution is 2.22. The number of nitrogens with zero attached hydrogens (tertiary/aromatic N) is 1. The number of hydrogen-bond acceptors (Lipinski definition) is 2. The third-order valence-electron chi connectivity index (χ3n) is 3.27. The lowest BCUT2D eigenvalue weighted by molar-refractivity contribution is 0.340. The van der Waals surface area contributed by atoms with Crippen LogP contribution in [0, 0.1) is 0 Å². The Morgan fingerprint density at radius 1 is 1.21 bits per heavy atom. The van der Waals surface area contributed by atoms with E-state index in [-0.39, 0.29) is 0 Å². The fourth-order valence-corrected chi connectivity index (χ4v) is 3.02. The molecular formula is C16H17NOS. The van der Waals surface area contributed by atoms with Crippen LogP contribution in [0.4, 0.5) is 0 Å². The van der Waals surface area contributed by atoms with E-state index in [0.29, 0.717) is 6.61 Å². The SMILES string of the molecule is CCOc1ccc2c(ccn2CCc2ccsc2)c1. The van der Waals surface area contributed by atoms with Gasteiger partial charge in [0.1, 0.15) is 5.75 Å². The molecule has 0 saturated carbocycles. The molecule has 0 aliphatic heterocycles. The molecule has 0 aliphatic rings. The molecule has 2 aromatic heterocycles. The predicted octanol–water partition coefficient (Wildman–Crippen LogP) is 4.34. The molecule has 2 heterocycles. The maximum atomic E-state index is 5.53. The lowest BCUT2D eigenvalue weighted by Crippen LogP contribution is -1.99. The molecule has 0 atom stereocenters. The molecule has 0 amide bonds. The molecule has 98 valence electrons. The normalized spacial score (nSPS) is 11.0. The topological polar surface area (TPSA) is 14.2 Å². The van der Waals surface area contributed by atoms with Crippen LogP contribution in [-0.4, -0.2) is 11.2 Å². The molecular weight excluding hydrogens is 254 g/mol. The molecule has 0 unspecified atom stereocenters. The van der Waals surface area contributed by atoms with E-state index in [0.717, 1.165) is 18.7 Å². The monoisotopic (exact) mass is 271 g/mol. The van der Waals surface area contributed by atoms with Crippen LogP contribution in [0.1, 0.15) is 12.5 Å². The van der Waals surface area contributed by atoms with Crippen LogP contribution in [0.3, 0.4) is 0 Å². The molecule has 2 nitrogen and oxygen atoms in total. The van der Waals surface area contributed by atoms with Crippen LogP contribution in [-0.2, 0) is 13.0 Å². The van der Waals surface area contributed by atoms with Crippen molar-refractivity contribution in [1.82, 2.24) is 4.57 Å². The van der Waals surface area contributed by atoms with Crippen molar-refractivity contribution in [3.05, 3.63) is 52.9 Å². The average molecular weight is 271 g/mol. The minimum absolute atomic E-state index is 0.713. The van der Waals surface area contributed by atoms with Gasteiger partial charge in [0.05, 0.1) is 6.61 Å². The minimum Gasteiger partial charge on any atom is -0.494 e. The zero-order chi connectivity index (χ0) is 13.1. The van der Waals surface area contributed by atoms with Gasteiger partial charge in [-0.25, -0.2) is 0 Å². The summed E-state index contributed by atoms with van der Waals surface area (Å²) >= 11 is 1.76. The second-order valence-corrected chi connectivity index (χ2v) is 5.32. The van der Waals surface area contributed by atoms with Gasteiger partial charge >= 0.3 is 0 Å². The molecule has 19 heavy (non-hydrogen) atoms.